The van der Waals surface area contributed by atoms with Crippen LogP contribution in [0, 0.1) is 10.8 Å². The summed E-state index contributed by atoms with van der Waals surface area (Å²) >= 11 is 0. The Morgan fingerprint density at radius 3 is 2.22 bits per heavy atom. The van der Waals surface area contributed by atoms with Gasteiger partial charge in [0.1, 0.15) is 0 Å². The number of carbonyl (C=O) groups is 2. The molecular weight excluding hydrogens is 400 g/mol. The zero-order valence-electron chi connectivity index (χ0n) is 19.0. The van der Waals surface area contributed by atoms with Crippen LogP contribution in [0.1, 0.15) is 46.5 Å². The van der Waals surface area contributed by atoms with E-state index in [2.05, 4.69) is 35.9 Å². The summed E-state index contributed by atoms with van der Waals surface area (Å²) in [4.78, 5) is 29.9. The molecule has 2 bridgehead atoms. The van der Waals surface area contributed by atoms with Crippen molar-refractivity contribution in [3.05, 3.63) is 54.6 Å². The normalized spacial score (nSPS) is 29.9. The number of likely N-dealkylation sites (tertiary alicyclic amines) is 1. The molecule has 3 unspecified atom stereocenters. The maximum Gasteiger partial charge on any atom is 0.251 e. The van der Waals surface area contributed by atoms with Crippen molar-refractivity contribution in [1.82, 2.24) is 4.90 Å². The van der Waals surface area contributed by atoms with Crippen molar-refractivity contribution in [2.45, 2.75) is 58.5 Å². The van der Waals surface area contributed by atoms with Gasteiger partial charge in [0, 0.05) is 12.6 Å². The molecule has 2 aliphatic heterocycles. The third kappa shape index (κ3) is 3.88. The molecule has 0 spiro atoms. The van der Waals surface area contributed by atoms with Gasteiger partial charge in [0.2, 0.25) is 5.91 Å². The highest BCUT2D eigenvalue weighted by atomic mass is 16.2. The van der Waals surface area contributed by atoms with Crippen LogP contribution in [0.4, 0.5) is 17.1 Å². The number of amides is 2. The van der Waals surface area contributed by atoms with Crippen molar-refractivity contribution >= 4 is 28.9 Å². The molecule has 1 saturated carbocycles. The van der Waals surface area contributed by atoms with Gasteiger partial charge in [0.25, 0.3) is 5.91 Å². The van der Waals surface area contributed by atoms with E-state index in [0.717, 1.165) is 25.1 Å². The van der Waals surface area contributed by atoms with E-state index in [4.69, 9.17) is 0 Å². The number of imide groups is 1. The smallest absolute Gasteiger partial charge is 0.251 e. The molecule has 6 nitrogen and oxygen atoms in total. The Hall–Kier alpha value is -2.86. The van der Waals surface area contributed by atoms with Gasteiger partial charge in [0.15, 0.2) is 0 Å². The maximum atomic E-state index is 13.4. The molecule has 2 heterocycles. The van der Waals surface area contributed by atoms with Gasteiger partial charge < -0.3 is 0 Å². The van der Waals surface area contributed by atoms with Crippen LogP contribution in [-0.4, -0.2) is 35.3 Å². The quantitative estimate of drug-likeness (QED) is 0.466. The highest BCUT2D eigenvalue weighted by molar-refractivity contribution is 6.22. The van der Waals surface area contributed by atoms with Gasteiger partial charge >= 0.3 is 0 Å². The maximum absolute atomic E-state index is 13.4. The minimum absolute atomic E-state index is 0.0948. The lowest BCUT2D eigenvalue weighted by Crippen LogP contribution is -2.45. The van der Waals surface area contributed by atoms with Crippen molar-refractivity contribution in [2.24, 2.45) is 21.1 Å². The van der Waals surface area contributed by atoms with E-state index in [1.807, 2.05) is 30.3 Å². The van der Waals surface area contributed by atoms with Crippen molar-refractivity contribution in [1.29, 1.82) is 0 Å². The number of hydrogen-bond donors (Lipinski definition) is 0. The fourth-order valence-electron chi connectivity index (χ4n) is 6.29. The third-order valence-electron chi connectivity index (χ3n) is 7.12. The van der Waals surface area contributed by atoms with E-state index < -0.39 is 0 Å². The lowest BCUT2D eigenvalue weighted by molar-refractivity contribution is -0.123. The lowest BCUT2D eigenvalue weighted by atomic mass is 9.65. The molecule has 0 aromatic heterocycles. The predicted octanol–water partition coefficient (Wildman–Crippen LogP) is 5.63. The monoisotopic (exact) mass is 430 g/mol. The molecule has 5 rings (SSSR count). The van der Waals surface area contributed by atoms with Gasteiger partial charge in [-0.05, 0) is 66.5 Å². The molecule has 6 heteroatoms. The molecule has 2 amide bonds. The number of nitrogens with zero attached hydrogens (tertiary/aromatic N) is 4. The van der Waals surface area contributed by atoms with E-state index in [1.165, 1.54) is 11.3 Å². The van der Waals surface area contributed by atoms with Crippen molar-refractivity contribution < 1.29 is 9.59 Å². The SMILES string of the molecule is CC1(C)CC2CC(C)(CN2C2CC(=O)N(c3ccc(N=Nc4ccccc4)cc3)C2=O)C1. The fraction of sp³-hybridized carbons (Fsp3) is 0.462. The van der Waals surface area contributed by atoms with E-state index in [0.29, 0.717) is 17.4 Å². The molecule has 32 heavy (non-hydrogen) atoms. The molecule has 2 aromatic rings. The molecule has 3 aliphatic rings. The van der Waals surface area contributed by atoms with Crippen LogP contribution in [-0.2, 0) is 9.59 Å². The van der Waals surface area contributed by atoms with E-state index in [1.54, 1.807) is 24.3 Å². The van der Waals surface area contributed by atoms with E-state index >= 15 is 0 Å². The first kappa shape index (κ1) is 21.0. The van der Waals surface area contributed by atoms with Crippen molar-refractivity contribution in [2.75, 3.05) is 11.4 Å². The summed E-state index contributed by atoms with van der Waals surface area (Å²) in [6, 6.07) is 16.7. The standard InChI is InChI=1S/C26H30N4O2/c1-25(2)14-21-15-26(3,16-25)17-29(21)22-13-23(31)30(24(22)32)20-11-9-19(10-12-20)28-27-18-7-5-4-6-8-18/h4-12,21-22H,13-17H2,1-3H3. The van der Waals surface area contributed by atoms with Crippen LogP contribution in [0.25, 0.3) is 0 Å². The minimum atomic E-state index is -0.347. The van der Waals surface area contributed by atoms with Crippen LogP contribution >= 0.6 is 0 Å². The first-order chi connectivity index (χ1) is 15.2. The molecule has 166 valence electrons. The summed E-state index contributed by atoms with van der Waals surface area (Å²) in [6.07, 6.45) is 3.64. The number of azo groups is 1. The predicted molar refractivity (Wildman–Crippen MR) is 124 cm³/mol. The topological polar surface area (TPSA) is 65.3 Å². The van der Waals surface area contributed by atoms with Crippen molar-refractivity contribution in [3.8, 4) is 0 Å². The molecule has 1 aliphatic carbocycles. The fourth-order valence-corrected chi connectivity index (χ4v) is 6.29. The number of anilines is 1. The Morgan fingerprint density at radius 1 is 0.875 bits per heavy atom. The van der Waals surface area contributed by atoms with Crippen LogP contribution < -0.4 is 4.90 Å². The zero-order valence-corrected chi connectivity index (χ0v) is 19.0. The molecule has 0 N–H and O–H groups in total. The summed E-state index contributed by atoms with van der Waals surface area (Å²) < 4.78 is 0. The number of hydrogen-bond acceptors (Lipinski definition) is 5. The second-order valence-corrected chi connectivity index (χ2v) is 10.7. The molecule has 2 aromatic carbocycles. The van der Waals surface area contributed by atoms with Crippen LogP contribution in [0.5, 0.6) is 0 Å². The summed E-state index contributed by atoms with van der Waals surface area (Å²) in [7, 11) is 0. The van der Waals surface area contributed by atoms with E-state index in [9.17, 15) is 9.59 Å². The summed E-state index contributed by atoms with van der Waals surface area (Å²) in [6.45, 7) is 7.89. The van der Waals surface area contributed by atoms with Crippen LogP contribution in [0.3, 0.4) is 0 Å². The largest absolute Gasteiger partial charge is 0.288 e. The van der Waals surface area contributed by atoms with E-state index in [-0.39, 0.29) is 35.1 Å². The van der Waals surface area contributed by atoms with Gasteiger partial charge in [-0.15, -0.1) is 0 Å². The third-order valence-corrected chi connectivity index (χ3v) is 7.12. The highest BCUT2D eigenvalue weighted by Gasteiger charge is 2.54. The second kappa shape index (κ2) is 7.62. The van der Waals surface area contributed by atoms with Crippen LogP contribution in [0.2, 0.25) is 0 Å². The Morgan fingerprint density at radius 2 is 1.53 bits per heavy atom. The average Bonchev–Trinajstić information content (AvgIpc) is 3.18. The van der Waals surface area contributed by atoms with Gasteiger partial charge in [-0.2, -0.15) is 10.2 Å². The second-order valence-electron chi connectivity index (χ2n) is 10.7. The van der Waals surface area contributed by atoms with Crippen LogP contribution in [0.15, 0.2) is 64.8 Å². The average molecular weight is 431 g/mol. The molecule has 3 atom stereocenters. The Labute approximate surface area is 189 Å². The summed E-state index contributed by atoms with van der Waals surface area (Å²) in [5, 5.41) is 8.46. The molecular formula is C26H30N4O2. The summed E-state index contributed by atoms with van der Waals surface area (Å²) in [5.41, 5.74) is 2.57. The number of benzene rings is 2. The summed E-state index contributed by atoms with van der Waals surface area (Å²) in [5.74, 6) is -0.216. The zero-order chi connectivity index (χ0) is 22.5. The first-order valence-corrected chi connectivity index (χ1v) is 11.4. The Bertz CT molecular complexity index is 1060. The molecule has 0 radical (unpaired) electrons. The van der Waals surface area contributed by atoms with Gasteiger partial charge in [0.05, 0.1) is 29.5 Å². The highest BCUT2D eigenvalue weighted by Crippen LogP contribution is 2.53. The first-order valence-electron chi connectivity index (χ1n) is 11.4. The molecule has 3 fully saturated rings. The van der Waals surface area contributed by atoms with Gasteiger partial charge in [-0.25, -0.2) is 4.90 Å². The number of rotatable bonds is 4. The molecule has 2 saturated heterocycles. The van der Waals surface area contributed by atoms with Gasteiger partial charge in [-0.1, -0.05) is 39.0 Å². The Balaban J connectivity index is 1.32. The number of carbonyl (C=O) groups excluding carboxylic acids is 2. The number of fused-ring (bicyclic) bond motifs is 2. The minimum Gasteiger partial charge on any atom is -0.288 e. The van der Waals surface area contributed by atoms with Gasteiger partial charge in [-0.3, -0.25) is 14.5 Å². The lowest BCUT2D eigenvalue weighted by Gasteiger charge is -2.40. The Kier molecular flexibility index (Phi) is 5.01. The van der Waals surface area contributed by atoms with Crippen molar-refractivity contribution in [3.63, 3.8) is 0 Å².